The first kappa shape index (κ1) is 20.2. The number of hydrogen-bond donors (Lipinski definition) is 3. The summed E-state index contributed by atoms with van der Waals surface area (Å²) < 4.78 is 1.68. The van der Waals surface area contributed by atoms with Crippen LogP contribution in [-0.4, -0.2) is 50.6 Å². The molecule has 10 heteroatoms. The predicted molar refractivity (Wildman–Crippen MR) is 112 cm³/mol. The van der Waals surface area contributed by atoms with Crippen molar-refractivity contribution in [1.29, 1.82) is 0 Å². The molecule has 3 amide bonds. The highest BCUT2D eigenvalue weighted by atomic mass is 16.2. The van der Waals surface area contributed by atoms with Gasteiger partial charge in [-0.05, 0) is 49.2 Å². The molecule has 4 rings (SSSR count). The maximum absolute atomic E-state index is 12.2. The molecule has 0 spiro atoms. The van der Waals surface area contributed by atoms with Crippen molar-refractivity contribution < 1.29 is 14.4 Å². The number of nitrogens with one attached hydrogen (secondary N) is 3. The van der Waals surface area contributed by atoms with Crippen LogP contribution >= 0.6 is 0 Å². The van der Waals surface area contributed by atoms with Crippen LogP contribution in [0.5, 0.6) is 0 Å². The van der Waals surface area contributed by atoms with Crippen molar-refractivity contribution in [3.8, 4) is 5.82 Å². The molecular formula is C21H21N7O3. The van der Waals surface area contributed by atoms with Crippen LogP contribution in [0, 0.1) is 5.92 Å². The quantitative estimate of drug-likeness (QED) is 0.470. The van der Waals surface area contributed by atoms with E-state index in [0.29, 0.717) is 17.1 Å². The lowest BCUT2D eigenvalue weighted by molar-refractivity contribution is -0.117. The minimum Gasteiger partial charge on any atom is -0.350 e. The fourth-order valence-electron chi connectivity index (χ4n) is 2.82. The summed E-state index contributed by atoms with van der Waals surface area (Å²) in [5.74, 6) is 0.0562. The fraction of sp³-hybridized carbons (Fsp3) is 0.238. The lowest BCUT2D eigenvalue weighted by Crippen LogP contribution is -2.35. The molecule has 1 aliphatic rings. The summed E-state index contributed by atoms with van der Waals surface area (Å²) in [6, 6.07) is 9.93. The first-order chi connectivity index (χ1) is 15.1. The highest BCUT2D eigenvalue weighted by Crippen LogP contribution is 2.30. The minimum absolute atomic E-state index is 0.0222. The first-order valence-corrected chi connectivity index (χ1v) is 9.89. The molecule has 0 bridgehead atoms. The van der Waals surface area contributed by atoms with E-state index in [2.05, 4.69) is 31.1 Å². The Bertz CT molecular complexity index is 1060. The molecule has 10 nitrogen and oxygen atoms in total. The van der Waals surface area contributed by atoms with Crippen LogP contribution in [0.25, 0.3) is 5.82 Å². The molecule has 3 N–H and O–H groups in total. The largest absolute Gasteiger partial charge is 0.350 e. The van der Waals surface area contributed by atoms with Crippen LogP contribution in [0.1, 0.15) is 33.7 Å². The molecule has 1 aromatic carbocycles. The summed E-state index contributed by atoms with van der Waals surface area (Å²) in [5.41, 5.74) is 1.32. The Morgan fingerprint density at radius 1 is 0.935 bits per heavy atom. The Labute approximate surface area is 178 Å². The summed E-state index contributed by atoms with van der Waals surface area (Å²) in [4.78, 5) is 40.1. The number of carbonyl (C=O) groups excluding carboxylic acids is 3. The standard InChI is InChI=1S/C21H21N7O3/c29-19(14-3-5-16(6-4-14)25-20(30)15-1-2-15)23-9-10-24-21(31)17-7-8-18(27-26-17)28-12-11-22-13-28/h3-8,11-13,15H,1-2,9-10H2,(H,23,29)(H,24,31)(H,25,30). The van der Waals surface area contributed by atoms with Gasteiger partial charge in [-0.2, -0.15) is 0 Å². The molecule has 0 saturated heterocycles. The Balaban J connectivity index is 1.19. The molecule has 158 valence electrons. The average Bonchev–Trinajstić information content (AvgIpc) is 3.51. The lowest BCUT2D eigenvalue weighted by atomic mass is 10.2. The molecule has 1 aliphatic carbocycles. The van der Waals surface area contributed by atoms with Gasteiger partial charge in [0.1, 0.15) is 6.33 Å². The van der Waals surface area contributed by atoms with Crippen molar-refractivity contribution in [2.75, 3.05) is 18.4 Å². The van der Waals surface area contributed by atoms with E-state index in [0.717, 1.165) is 12.8 Å². The highest BCUT2D eigenvalue weighted by molar-refractivity contribution is 5.97. The van der Waals surface area contributed by atoms with Crippen LogP contribution in [0.15, 0.2) is 55.1 Å². The number of rotatable bonds is 8. The zero-order valence-corrected chi connectivity index (χ0v) is 16.6. The normalized spacial score (nSPS) is 12.8. The number of benzene rings is 1. The topological polar surface area (TPSA) is 131 Å². The zero-order chi connectivity index (χ0) is 21.6. The molecule has 2 heterocycles. The SMILES string of the molecule is O=C(NCCNC(=O)c1ccc(-n2ccnc2)nn1)c1ccc(NC(=O)C2CC2)cc1. The molecule has 0 unspecified atom stereocenters. The third-order valence-electron chi connectivity index (χ3n) is 4.71. The van der Waals surface area contributed by atoms with Crippen LogP contribution in [-0.2, 0) is 4.79 Å². The van der Waals surface area contributed by atoms with Gasteiger partial charge in [-0.1, -0.05) is 0 Å². The first-order valence-electron chi connectivity index (χ1n) is 9.89. The summed E-state index contributed by atoms with van der Waals surface area (Å²) in [5, 5.41) is 16.2. The Kier molecular flexibility index (Phi) is 5.97. The molecule has 1 fully saturated rings. The number of amides is 3. The van der Waals surface area contributed by atoms with Gasteiger partial charge in [0.2, 0.25) is 5.91 Å². The second-order valence-electron chi connectivity index (χ2n) is 7.10. The minimum atomic E-state index is -0.380. The lowest BCUT2D eigenvalue weighted by Gasteiger charge is -2.08. The summed E-state index contributed by atoms with van der Waals surface area (Å²) >= 11 is 0. The van der Waals surface area contributed by atoms with Gasteiger partial charge >= 0.3 is 0 Å². The molecule has 1 saturated carbocycles. The number of anilines is 1. The summed E-state index contributed by atoms with van der Waals surface area (Å²) in [6.07, 6.45) is 6.81. The molecular weight excluding hydrogens is 398 g/mol. The van der Waals surface area contributed by atoms with Crippen LogP contribution < -0.4 is 16.0 Å². The van der Waals surface area contributed by atoms with Gasteiger partial charge in [0.05, 0.1) is 0 Å². The maximum Gasteiger partial charge on any atom is 0.271 e. The number of carbonyl (C=O) groups is 3. The zero-order valence-electron chi connectivity index (χ0n) is 16.6. The Hall–Kier alpha value is -4.08. The van der Waals surface area contributed by atoms with Crippen molar-refractivity contribution in [2.24, 2.45) is 5.92 Å². The van der Waals surface area contributed by atoms with Gasteiger partial charge in [0.25, 0.3) is 11.8 Å². The second-order valence-corrected chi connectivity index (χ2v) is 7.10. The van der Waals surface area contributed by atoms with Gasteiger partial charge in [-0.25, -0.2) is 4.98 Å². The Morgan fingerprint density at radius 2 is 1.68 bits per heavy atom. The molecule has 0 atom stereocenters. The van der Waals surface area contributed by atoms with Crippen LogP contribution in [0.3, 0.4) is 0 Å². The maximum atomic E-state index is 12.2. The predicted octanol–water partition coefficient (Wildman–Crippen LogP) is 1.17. The van der Waals surface area contributed by atoms with E-state index in [1.165, 1.54) is 0 Å². The average molecular weight is 419 g/mol. The van der Waals surface area contributed by atoms with E-state index in [-0.39, 0.29) is 42.4 Å². The highest BCUT2D eigenvalue weighted by Gasteiger charge is 2.29. The van der Waals surface area contributed by atoms with Crippen LogP contribution in [0.4, 0.5) is 5.69 Å². The third-order valence-corrected chi connectivity index (χ3v) is 4.71. The smallest absolute Gasteiger partial charge is 0.271 e. The van der Waals surface area contributed by atoms with E-state index in [1.54, 1.807) is 59.7 Å². The van der Waals surface area contributed by atoms with Crippen LogP contribution in [0.2, 0.25) is 0 Å². The third kappa shape index (κ3) is 5.30. The molecule has 0 aliphatic heterocycles. The number of aromatic nitrogens is 4. The van der Waals surface area contributed by atoms with E-state index >= 15 is 0 Å². The van der Waals surface area contributed by atoms with Gasteiger partial charge < -0.3 is 16.0 Å². The van der Waals surface area contributed by atoms with Gasteiger partial charge in [-0.3, -0.25) is 19.0 Å². The van der Waals surface area contributed by atoms with E-state index in [9.17, 15) is 14.4 Å². The van der Waals surface area contributed by atoms with Crippen molar-refractivity contribution in [2.45, 2.75) is 12.8 Å². The molecule has 0 radical (unpaired) electrons. The summed E-state index contributed by atoms with van der Waals surface area (Å²) in [7, 11) is 0. The van der Waals surface area contributed by atoms with Gasteiger partial charge in [0.15, 0.2) is 11.5 Å². The van der Waals surface area contributed by atoms with Crippen molar-refractivity contribution in [3.05, 3.63) is 66.4 Å². The van der Waals surface area contributed by atoms with E-state index in [1.807, 2.05) is 0 Å². The molecule has 31 heavy (non-hydrogen) atoms. The second kappa shape index (κ2) is 9.16. The van der Waals surface area contributed by atoms with Crippen molar-refractivity contribution >= 4 is 23.4 Å². The molecule has 3 aromatic rings. The monoisotopic (exact) mass is 419 g/mol. The fourth-order valence-corrected chi connectivity index (χ4v) is 2.82. The summed E-state index contributed by atoms with van der Waals surface area (Å²) in [6.45, 7) is 0.496. The van der Waals surface area contributed by atoms with Gasteiger partial charge in [-0.15, -0.1) is 10.2 Å². The van der Waals surface area contributed by atoms with E-state index in [4.69, 9.17) is 0 Å². The number of nitrogens with zero attached hydrogens (tertiary/aromatic N) is 4. The van der Waals surface area contributed by atoms with Crippen molar-refractivity contribution in [3.63, 3.8) is 0 Å². The number of hydrogen-bond acceptors (Lipinski definition) is 6. The van der Waals surface area contributed by atoms with E-state index < -0.39 is 0 Å². The number of imidazole rings is 1. The van der Waals surface area contributed by atoms with Crippen molar-refractivity contribution in [1.82, 2.24) is 30.4 Å². The Morgan fingerprint density at radius 3 is 2.29 bits per heavy atom. The van der Waals surface area contributed by atoms with Gasteiger partial charge in [0, 0.05) is 42.7 Å². The molecule has 2 aromatic heterocycles.